The van der Waals surface area contributed by atoms with Gasteiger partial charge in [0.1, 0.15) is 5.75 Å². The summed E-state index contributed by atoms with van der Waals surface area (Å²) in [5.74, 6) is 0.128. The number of nitrogens with one attached hydrogen (secondary N) is 2. The lowest BCUT2D eigenvalue weighted by molar-refractivity contribution is -0.123. The van der Waals surface area contributed by atoms with E-state index in [9.17, 15) is 9.59 Å². The van der Waals surface area contributed by atoms with Crippen molar-refractivity contribution in [3.63, 3.8) is 0 Å². The molecule has 3 aromatic rings. The number of carbonyl (C=O) groups is 2. The molecule has 0 aliphatic heterocycles. The third kappa shape index (κ3) is 5.25. The number of aromatic nitrogens is 1. The van der Waals surface area contributed by atoms with E-state index in [0.29, 0.717) is 11.3 Å². The number of amides is 2. The van der Waals surface area contributed by atoms with Gasteiger partial charge in [0.05, 0.1) is 0 Å². The Balaban J connectivity index is 1.56. The number of nitrogens with zero attached hydrogens (tertiary/aromatic N) is 1. The number of carbonyl (C=O) groups excluding carboxylic acids is 2. The smallest absolute Gasteiger partial charge is 0.276 e. The molecule has 0 aliphatic rings. The Morgan fingerprint density at radius 2 is 1.76 bits per heavy atom. The molecule has 6 nitrogen and oxygen atoms in total. The Kier molecular flexibility index (Phi) is 6.34. The SMILES string of the molecule is Cc1ccc(C(C)C)c(OCC(=O)NNC(=O)c2cccc(-n3cccc3)c2)c1. The maximum absolute atomic E-state index is 12.4. The third-order valence-corrected chi connectivity index (χ3v) is 4.48. The molecule has 0 atom stereocenters. The first-order valence-electron chi connectivity index (χ1n) is 9.50. The van der Waals surface area contributed by atoms with Crippen molar-refractivity contribution >= 4 is 11.8 Å². The highest BCUT2D eigenvalue weighted by Gasteiger charge is 2.12. The minimum absolute atomic E-state index is 0.188. The van der Waals surface area contributed by atoms with Crippen LogP contribution in [0.2, 0.25) is 0 Å². The second-order valence-corrected chi connectivity index (χ2v) is 7.13. The van der Waals surface area contributed by atoms with Crippen LogP contribution in [0.25, 0.3) is 5.69 Å². The Labute approximate surface area is 170 Å². The topological polar surface area (TPSA) is 72.4 Å². The van der Waals surface area contributed by atoms with Gasteiger partial charge in [-0.2, -0.15) is 0 Å². The van der Waals surface area contributed by atoms with Crippen molar-refractivity contribution in [3.8, 4) is 11.4 Å². The molecule has 0 aliphatic carbocycles. The summed E-state index contributed by atoms with van der Waals surface area (Å²) in [5.41, 5.74) is 8.22. The van der Waals surface area contributed by atoms with Crippen LogP contribution in [0.3, 0.4) is 0 Å². The quantitative estimate of drug-likeness (QED) is 0.629. The van der Waals surface area contributed by atoms with Crippen LogP contribution in [0.1, 0.15) is 41.3 Å². The van der Waals surface area contributed by atoms with Crippen molar-refractivity contribution in [2.45, 2.75) is 26.7 Å². The van der Waals surface area contributed by atoms with Crippen molar-refractivity contribution in [3.05, 3.63) is 83.7 Å². The Hall–Kier alpha value is -3.54. The molecule has 0 saturated heterocycles. The number of rotatable bonds is 6. The first-order chi connectivity index (χ1) is 13.9. The zero-order chi connectivity index (χ0) is 20.8. The van der Waals surface area contributed by atoms with E-state index in [0.717, 1.165) is 16.8 Å². The predicted molar refractivity (Wildman–Crippen MR) is 112 cm³/mol. The second-order valence-electron chi connectivity index (χ2n) is 7.13. The van der Waals surface area contributed by atoms with Gasteiger partial charge in [-0.15, -0.1) is 0 Å². The molecule has 0 radical (unpaired) electrons. The van der Waals surface area contributed by atoms with Crippen LogP contribution in [0.4, 0.5) is 0 Å². The minimum atomic E-state index is -0.434. The molecule has 0 unspecified atom stereocenters. The summed E-state index contributed by atoms with van der Waals surface area (Å²) in [7, 11) is 0. The fraction of sp³-hybridized carbons (Fsp3) is 0.217. The van der Waals surface area contributed by atoms with E-state index in [1.54, 1.807) is 18.2 Å². The maximum Gasteiger partial charge on any atom is 0.276 e. The Bertz CT molecular complexity index is 994. The zero-order valence-electron chi connectivity index (χ0n) is 16.8. The van der Waals surface area contributed by atoms with Gasteiger partial charge in [-0.25, -0.2) is 0 Å². The van der Waals surface area contributed by atoms with E-state index >= 15 is 0 Å². The van der Waals surface area contributed by atoms with Gasteiger partial charge >= 0.3 is 0 Å². The summed E-state index contributed by atoms with van der Waals surface area (Å²) in [6.07, 6.45) is 3.79. The third-order valence-electron chi connectivity index (χ3n) is 4.48. The number of hydrazine groups is 1. The molecule has 150 valence electrons. The van der Waals surface area contributed by atoms with Crippen LogP contribution in [0, 0.1) is 6.92 Å². The van der Waals surface area contributed by atoms with Crippen molar-refractivity contribution in [2.75, 3.05) is 6.61 Å². The van der Waals surface area contributed by atoms with Crippen LogP contribution in [-0.4, -0.2) is 23.0 Å². The second kappa shape index (κ2) is 9.10. The summed E-state index contributed by atoms with van der Waals surface area (Å²) >= 11 is 0. The van der Waals surface area contributed by atoms with Crippen LogP contribution < -0.4 is 15.6 Å². The van der Waals surface area contributed by atoms with Gasteiger partial charge in [0.2, 0.25) is 0 Å². The van der Waals surface area contributed by atoms with E-state index in [1.807, 2.05) is 60.3 Å². The first-order valence-corrected chi connectivity index (χ1v) is 9.50. The molecule has 0 bridgehead atoms. The maximum atomic E-state index is 12.4. The van der Waals surface area contributed by atoms with Gasteiger partial charge in [-0.05, 0) is 60.4 Å². The molecule has 1 heterocycles. The number of benzene rings is 2. The molecule has 6 heteroatoms. The molecule has 2 aromatic carbocycles. The highest BCUT2D eigenvalue weighted by molar-refractivity contribution is 5.96. The van der Waals surface area contributed by atoms with E-state index in [-0.39, 0.29) is 12.5 Å². The van der Waals surface area contributed by atoms with Gasteiger partial charge in [0.15, 0.2) is 6.61 Å². The van der Waals surface area contributed by atoms with Gasteiger partial charge in [-0.1, -0.05) is 32.0 Å². The van der Waals surface area contributed by atoms with Crippen molar-refractivity contribution in [2.24, 2.45) is 0 Å². The molecule has 0 saturated carbocycles. The zero-order valence-corrected chi connectivity index (χ0v) is 16.8. The summed E-state index contributed by atoms with van der Waals surface area (Å²) in [4.78, 5) is 24.5. The fourth-order valence-corrected chi connectivity index (χ4v) is 2.94. The van der Waals surface area contributed by atoms with Gasteiger partial charge < -0.3 is 9.30 Å². The van der Waals surface area contributed by atoms with Crippen molar-refractivity contribution in [1.29, 1.82) is 0 Å². The van der Waals surface area contributed by atoms with E-state index < -0.39 is 11.8 Å². The molecular formula is C23H25N3O3. The molecule has 29 heavy (non-hydrogen) atoms. The summed E-state index contributed by atoms with van der Waals surface area (Å²) in [5, 5.41) is 0. The average molecular weight is 391 g/mol. The molecule has 0 fully saturated rings. The Morgan fingerprint density at radius 3 is 2.48 bits per heavy atom. The van der Waals surface area contributed by atoms with E-state index in [4.69, 9.17) is 4.74 Å². The van der Waals surface area contributed by atoms with Gasteiger partial charge in [0, 0.05) is 23.6 Å². The Morgan fingerprint density at radius 1 is 1.00 bits per heavy atom. The number of aryl methyl sites for hydroxylation is 1. The van der Waals surface area contributed by atoms with Crippen molar-refractivity contribution in [1.82, 2.24) is 15.4 Å². The summed E-state index contributed by atoms with van der Waals surface area (Å²) in [6.45, 7) is 5.92. The number of ether oxygens (including phenoxy) is 1. The lowest BCUT2D eigenvalue weighted by Gasteiger charge is -2.15. The highest BCUT2D eigenvalue weighted by Crippen LogP contribution is 2.27. The van der Waals surface area contributed by atoms with Crippen molar-refractivity contribution < 1.29 is 14.3 Å². The number of hydrogen-bond acceptors (Lipinski definition) is 3. The normalized spacial score (nSPS) is 10.6. The molecule has 3 rings (SSSR count). The largest absolute Gasteiger partial charge is 0.483 e. The van der Waals surface area contributed by atoms with E-state index in [2.05, 4.69) is 24.7 Å². The standard InChI is InChI=1S/C23H25N3O3/c1-16(2)20-10-9-17(3)13-21(20)29-15-22(27)24-25-23(28)18-7-6-8-19(14-18)26-11-4-5-12-26/h4-14,16H,15H2,1-3H3,(H,24,27)(H,25,28). The van der Waals surface area contributed by atoms with Gasteiger partial charge in [-0.3, -0.25) is 20.4 Å². The summed E-state index contributed by atoms with van der Waals surface area (Å²) in [6, 6.07) is 16.9. The minimum Gasteiger partial charge on any atom is -0.483 e. The lowest BCUT2D eigenvalue weighted by atomic mass is 10.0. The molecule has 2 amide bonds. The van der Waals surface area contributed by atoms with Crippen LogP contribution >= 0.6 is 0 Å². The average Bonchev–Trinajstić information content (AvgIpc) is 3.25. The van der Waals surface area contributed by atoms with E-state index in [1.165, 1.54) is 0 Å². The predicted octanol–water partition coefficient (Wildman–Crippen LogP) is 3.75. The highest BCUT2D eigenvalue weighted by atomic mass is 16.5. The molecular weight excluding hydrogens is 366 g/mol. The fourth-order valence-electron chi connectivity index (χ4n) is 2.94. The van der Waals surface area contributed by atoms with Gasteiger partial charge in [0.25, 0.3) is 11.8 Å². The van der Waals surface area contributed by atoms with Crippen LogP contribution in [-0.2, 0) is 4.79 Å². The molecule has 2 N–H and O–H groups in total. The monoisotopic (exact) mass is 391 g/mol. The first kappa shape index (κ1) is 20.2. The molecule has 0 spiro atoms. The number of hydrogen-bond donors (Lipinski definition) is 2. The van der Waals surface area contributed by atoms with Crippen LogP contribution in [0.5, 0.6) is 5.75 Å². The lowest BCUT2D eigenvalue weighted by Crippen LogP contribution is -2.43. The summed E-state index contributed by atoms with van der Waals surface area (Å²) < 4.78 is 7.58. The molecule has 1 aromatic heterocycles. The van der Waals surface area contributed by atoms with Crippen LogP contribution in [0.15, 0.2) is 67.0 Å².